The van der Waals surface area contributed by atoms with Crippen molar-refractivity contribution in [3.63, 3.8) is 0 Å². The summed E-state index contributed by atoms with van der Waals surface area (Å²) in [7, 11) is 0. The Labute approximate surface area is 110 Å². The molecule has 0 aliphatic rings. The molecule has 0 heterocycles. The summed E-state index contributed by atoms with van der Waals surface area (Å²) in [6.07, 6.45) is 0. The smallest absolute Gasteiger partial charge is 0.336 e. The molecule has 0 aliphatic heterocycles. The summed E-state index contributed by atoms with van der Waals surface area (Å²) in [4.78, 5) is 11.2. The van der Waals surface area contributed by atoms with Crippen molar-refractivity contribution in [2.24, 2.45) is 5.73 Å². The molecular formula is C16H13NO2. The highest BCUT2D eigenvalue weighted by molar-refractivity contribution is 6.03. The van der Waals surface area contributed by atoms with Crippen LogP contribution in [0.15, 0.2) is 48.5 Å². The van der Waals surface area contributed by atoms with Gasteiger partial charge >= 0.3 is 5.97 Å². The Morgan fingerprint density at radius 2 is 1.68 bits per heavy atom. The van der Waals surface area contributed by atoms with E-state index in [2.05, 4.69) is 6.07 Å². The van der Waals surface area contributed by atoms with Gasteiger partial charge in [0, 0.05) is 6.54 Å². The van der Waals surface area contributed by atoms with Crippen molar-refractivity contribution in [3.8, 4) is 0 Å². The van der Waals surface area contributed by atoms with Gasteiger partial charge in [-0.15, -0.1) is 0 Å². The summed E-state index contributed by atoms with van der Waals surface area (Å²) in [6.45, 7) is 0.220. The summed E-state index contributed by atoms with van der Waals surface area (Å²) >= 11 is 0. The van der Waals surface area contributed by atoms with Gasteiger partial charge in [-0.1, -0.05) is 30.3 Å². The summed E-state index contributed by atoms with van der Waals surface area (Å²) < 4.78 is 0. The Hall–Kier alpha value is -2.39. The fraction of sp³-hybridized carbons (Fsp3) is 0.0625. The molecule has 3 nitrogen and oxygen atoms in total. The van der Waals surface area contributed by atoms with Crippen molar-refractivity contribution in [2.45, 2.75) is 6.54 Å². The molecule has 0 unspecified atom stereocenters. The largest absolute Gasteiger partial charge is 0.478 e. The Bertz CT molecular complexity index is 793. The number of nitrogens with two attached hydrogens (primary N) is 1. The van der Waals surface area contributed by atoms with Gasteiger partial charge in [-0.3, -0.25) is 0 Å². The molecule has 3 aromatic carbocycles. The average molecular weight is 251 g/mol. The quantitative estimate of drug-likeness (QED) is 0.688. The van der Waals surface area contributed by atoms with E-state index in [1.54, 1.807) is 6.07 Å². The van der Waals surface area contributed by atoms with Gasteiger partial charge in [-0.05, 0) is 45.3 Å². The summed E-state index contributed by atoms with van der Waals surface area (Å²) in [6, 6.07) is 15.6. The highest BCUT2D eigenvalue weighted by Crippen LogP contribution is 2.27. The predicted octanol–water partition coefficient (Wildman–Crippen LogP) is 3.15. The SMILES string of the molecule is NCc1c(C(=O)O)ccc2cc3ccccc3cc12. The summed E-state index contributed by atoms with van der Waals surface area (Å²) in [5, 5.41) is 13.4. The van der Waals surface area contributed by atoms with Gasteiger partial charge in [-0.2, -0.15) is 0 Å². The molecule has 19 heavy (non-hydrogen) atoms. The Kier molecular flexibility index (Phi) is 2.69. The molecule has 0 fully saturated rings. The van der Waals surface area contributed by atoms with E-state index in [-0.39, 0.29) is 12.1 Å². The highest BCUT2D eigenvalue weighted by atomic mass is 16.4. The van der Waals surface area contributed by atoms with Crippen molar-refractivity contribution in [1.29, 1.82) is 0 Å². The molecule has 0 spiro atoms. The number of rotatable bonds is 2. The molecule has 0 bridgehead atoms. The Morgan fingerprint density at radius 1 is 1.00 bits per heavy atom. The van der Waals surface area contributed by atoms with Crippen LogP contribution in [0.4, 0.5) is 0 Å². The second-order valence-corrected chi connectivity index (χ2v) is 4.52. The maximum atomic E-state index is 11.2. The van der Waals surface area contributed by atoms with E-state index in [0.717, 1.165) is 21.5 Å². The fourth-order valence-electron chi connectivity index (χ4n) is 2.50. The van der Waals surface area contributed by atoms with E-state index in [4.69, 9.17) is 5.73 Å². The molecule has 0 saturated heterocycles. The van der Waals surface area contributed by atoms with Gasteiger partial charge in [0.2, 0.25) is 0 Å². The van der Waals surface area contributed by atoms with E-state index in [1.165, 1.54) is 0 Å². The van der Waals surface area contributed by atoms with Crippen LogP contribution in [0.5, 0.6) is 0 Å². The maximum Gasteiger partial charge on any atom is 0.336 e. The second-order valence-electron chi connectivity index (χ2n) is 4.52. The van der Waals surface area contributed by atoms with Crippen LogP contribution in [0.25, 0.3) is 21.5 Å². The normalized spacial score (nSPS) is 11.0. The number of carboxylic acid groups (broad SMARTS) is 1. The maximum absolute atomic E-state index is 11.2. The zero-order chi connectivity index (χ0) is 13.4. The van der Waals surface area contributed by atoms with Gasteiger partial charge < -0.3 is 10.8 Å². The molecule has 94 valence electrons. The van der Waals surface area contributed by atoms with E-state index >= 15 is 0 Å². The third-order valence-electron chi connectivity index (χ3n) is 3.43. The third kappa shape index (κ3) is 1.84. The van der Waals surface area contributed by atoms with Crippen LogP contribution in [-0.2, 0) is 6.54 Å². The van der Waals surface area contributed by atoms with Crippen molar-refractivity contribution < 1.29 is 9.90 Å². The lowest BCUT2D eigenvalue weighted by atomic mass is 9.96. The van der Waals surface area contributed by atoms with Crippen molar-refractivity contribution >= 4 is 27.5 Å². The second kappa shape index (κ2) is 4.37. The lowest BCUT2D eigenvalue weighted by molar-refractivity contribution is 0.0696. The number of aromatic carboxylic acids is 1. The Balaban J connectivity index is 2.44. The highest BCUT2D eigenvalue weighted by Gasteiger charge is 2.12. The lowest BCUT2D eigenvalue weighted by Gasteiger charge is -2.10. The van der Waals surface area contributed by atoms with Gasteiger partial charge in [0.1, 0.15) is 0 Å². The Morgan fingerprint density at radius 3 is 2.32 bits per heavy atom. The van der Waals surface area contributed by atoms with Crippen LogP contribution in [0.2, 0.25) is 0 Å². The van der Waals surface area contributed by atoms with E-state index in [1.807, 2.05) is 36.4 Å². The van der Waals surface area contributed by atoms with Gasteiger partial charge in [-0.25, -0.2) is 4.79 Å². The van der Waals surface area contributed by atoms with E-state index in [9.17, 15) is 9.90 Å². The topological polar surface area (TPSA) is 63.3 Å². The predicted molar refractivity (Wildman–Crippen MR) is 76.3 cm³/mol. The van der Waals surface area contributed by atoms with Crippen LogP contribution in [0.3, 0.4) is 0 Å². The molecule has 0 saturated carbocycles. The molecule has 3 heteroatoms. The zero-order valence-electron chi connectivity index (χ0n) is 10.3. The summed E-state index contributed by atoms with van der Waals surface area (Å²) in [5.74, 6) is -0.935. The molecule has 0 amide bonds. The first-order valence-corrected chi connectivity index (χ1v) is 6.08. The lowest BCUT2D eigenvalue weighted by Crippen LogP contribution is -2.07. The minimum Gasteiger partial charge on any atom is -0.478 e. The number of benzene rings is 3. The van der Waals surface area contributed by atoms with Crippen LogP contribution >= 0.6 is 0 Å². The first-order chi connectivity index (χ1) is 9.20. The van der Waals surface area contributed by atoms with E-state index < -0.39 is 5.97 Å². The monoisotopic (exact) mass is 251 g/mol. The molecule has 3 rings (SSSR count). The first kappa shape index (κ1) is 11.7. The van der Waals surface area contributed by atoms with E-state index in [0.29, 0.717) is 5.56 Å². The molecule has 0 radical (unpaired) electrons. The van der Waals surface area contributed by atoms with Gasteiger partial charge in [0.25, 0.3) is 0 Å². The number of hydrogen-bond donors (Lipinski definition) is 2. The third-order valence-corrected chi connectivity index (χ3v) is 3.43. The fourth-order valence-corrected chi connectivity index (χ4v) is 2.50. The number of carbonyl (C=O) groups is 1. The zero-order valence-corrected chi connectivity index (χ0v) is 10.3. The van der Waals surface area contributed by atoms with Crippen molar-refractivity contribution in [3.05, 3.63) is 59.7 Å². The molecule has 3 aromatic rings. The van der Waals surface area contributed by atoms with Crippen molar-refractivity contribution in [1.82, 2.24) is 0 Å². The van der Waals surface area contributed by atoms with Crippen LogP contribution in [-0.4, -0.2) is 11.1 Å². The van der Waals surface area contributed by atoms with Gasteiger partial charge in [0.05, 0.1) is 5.56 Å². The molecule has 0 aromatic heterocycles. The molecular weight excluding hydrogens is 238 g/mol. The van der Waals surface area contributed by atoms with Crippen LogP contribution < -0.4 is 5.73 Å². The number of hydrogen-bond acceptors (Lipinski definition) is 2. The van der Waals surface area contributed by atoms with Crippen molar-refractivity contribution in [2.75, 3.05) is 0 Å². The minimum absolute atomic E-state index is 0.220. The standard InChI is InChI=1S/C16H13NO2/c17-9-15-13(16(18)19)6-5-12-7-10-3-1-2-4-11(10)8-14(12)15/h1-8H,9,17H2,(H,18,19). The first-order valence-electron chi connectivity index (χ1n) is 6.08. The molecule has 0 aliphatic carbocycles. The molecule has 0 atom stereocenters. The number of fused-ring (bicyclic) bond motifs is 2. The van der Waals surface area contributed by atoms with Gasteiger partial charge in [0.15, 0.2) is 0 Å². The number of carboxylic acids is 1. The average Bonchev–Trinajstić information content (AvgIpc) is 2.43. The molecule has 3 N–H and O–H groups in total. The summed E-state index contributed by atoms with van der Waals surface area (Å²) in [5.41, 5.74) is 6.71. The van der Waals surface area contributed by atoms with Crippen LogP contribution in [0, 0.1) is 0 Å². The minimum atomic E-state index is -0.935. The van der Waals surface area contributed by atoms with Crippen LogP contribution in [0.1, 0.15) is 15.9 Å².